The molecule has 0 aromatic carbocycles. The average Bonchev–Trinajstić information content (AvgIpc) is 2.49. The molecule has 1 aromatic heterocycles. The van der Waals surface area contributed by atoms with E-state index in [4.69, 9.17) is 0 Å². The highest BCUT2D eigenvalue weighted by molar-refractivity contribution is 5.78. The molecule has 0 atom stereocenters. The van der Waals surface area contributed by atoms with Crippen LogP contribution in [0.5, 0.6) is 0 Å². The Kier molecular flexibility index (Phi) is 5.99. The first-order chi connectivity index (χ1) is 9.79. The summed E-state index contributed by atoms with van der Waals surface area (Å²) in [5.74, 6) is 0.455. The molecule has 1 aromatic rings. The van der Waals surface area contributed by atoms with Crippen LogP contribution in [-0.2, 0) is 11.3 Å². The second kappa shape index (κ2) is 8.00. The summed E-state index contributed by atoms with van der Waals surface area (Å²) in [5.41, 5.74) is 1.25. The molecule has 2 heterocycles. The lowest BCUT2D eigenvalue weighted by atomic mass is 9.95. The van der Waals surface area contributed by atoms with Crippen LogP contribution in [0.25, 0.3) is 0 Å². The maximum absolute atomic E-state index is 12.0. The largest absolute Gasteiger partial charge is 0.356 e. The number of unbranched alkanes of at least 4 members (excludes halogenated alkanes) is 1. The van der Waals surface area contributed by atoms with Gasteiger partial charge in [0.25, 0.3) is 0 Å². The molecule has 1 amide bonds. The van der Waals surface area contributed by atoms with E-state index in [0.29, 0.717) is 0 Å². The summed E-state index contributed by atoms with van der Waals surface area (Å²) in [6.45, 7) is 5.91. The maximum Gasteiger partial charge on any atom is 0.223 e. The Bertz CT molecular complexity index is 399. The summed E-state index contributed by atoms with van der Waals surface area (Å²) in [6, 6.07) is 4.08. The fourth-order valence-corrected chi connectivity index (χ4v) is 2.64. The molecular weight excluding hydrogens is 250 g/mol. The molecule has 1 aliphatic heterocycles. The standard InChI is InChI=1S/C16H25N3O/c1-2-3-9-18-16(20)15-6-10-19(11-7-15)13-14-5-4-8-17-12-14/h4-5,8,12,15H,2-3,6-7,9-11,13H2,1H3,(H,18,20). The zero-order valence-electron chi connectivity index (χ0n) is 12.3. The molecule has 0 aliphatic carbocycles. The molecule has 2 rings (SSSR count). The number of pyridine rings is 1. The zero-order chi connectivity index (χ0) is 14.2. The van der Waals surface area contributed by atoms with Crippen LogP contribution >= 0.6 is 0 Å². The van der Waals surface area contributed by atoms with Gasteiger partial charge in [-0.3, -0.25) is 14.7 Å². The molecular formula is C16H25N3O. The molecule has 110 valence electrons. The van der Waals surface area contributed by atoms with Crippen LogP contribution in [-0.4, -0.2) is 35.4 Å². The van der Waals surface area contributed by atoms with Gasteiger partial charge in [-0.2, -0.15) is 0 Å². The highest BCUT2D eigenvalue weighted by Crippen LogP contribution is 2.19. The Balaban J connectivity index is 1.71. The second-order valence-corrected chi connectivity index (χ2v) is 5.56. The quantitative estimate of drug-likeness (QED) is 0.810. The first-order valence-corrected chi connectivity index (χ1v) is 7.68. The number of nitrogens with zero attached hydrogens (tertiary/aromatic N) is 2. The van der Waals surface area contributed by atoms with Crippen LogP contribution in [0.2, 0.25) is 0 Å². The maximum atomic E-state index is 12.0. The molecule has 20 heavy (non-hydrogen) atoms. The number of carbonyl (C=O) groups excluding carboxylic acids is 1. The highest BCUT2D eigenvalue weighted by atomic mass is 16.1. The van der Waals surface area contributed by atoms with Crippen LogP contribution in [0.15, 0.2) is 24.5 Å². The van der Waals surface area contributed by atoms with Crippen molar-refractivity contribution in [1.82, 2.24) is 15.2 Å². The summed E-state index contributed by atoms with van der Waals surface area (Å²) in [4.78, 5) is 18.6. The van der Waals surface area contributed by atoms with E-state index in [-0.39, 0.29) is 11.8 Å². The van der Waals surface area contributed by atoms with Crippen LogP contribution in [0.4, 0.5) is 0 Å². The summed E-state index contributed by atoms with van der Waals surface area (Å²) in [6.07, 6.45) is 7.87. The van der Waals surface area contributed by atoms with Crippen molar-refractivity contribution >= 4 is 5.91 Å². The van der Waals surface area contributed by atoms with Crippen molar-refractivity contribution < 1.29 is 4.79 Å². The van der Waals surface area contributed by atoms with Gasteiger partial charge >= 0.3 is 0 Å². The summed E-state index contributed by atoms with van der Waals surface area (Å²) in [7, 11) is 0. The average molecular weight is 275 g/mol. The zero-order valence-corrected chi connectivity index (χ0v) is 12.3. The number of rotatable bonds is 6. The molecule has 0 spiro atoms. The van der Waals surface area contributed by atoms with E-state index in [9.17, 15) is 4.79 Å². The predicted octanol–water partition coefficient (Wildman–Crippen LogP) is 2.21. The van der Waals surface area contributed by atoms with E-state index < -0.39 is 0 Å². The molecule has 1 saturated heterocycles. The minimum absolute atomic E-state index is 0.206. The third-order valence-electron chi connectivity index (χ3n) is 3.92. The Morgan fingerprint density at radius 1 is 1.45 bits per heavy atom. The lowest BCUT2D eigenvalue weighted by Crippen LogP contribution is -2.40. The fraction of sp³-hybridized carbons (Fsp3) is 0.625. The number of hydrogen-bond acceptors (Lipinski definition) is 3. The van der Waals surface area contributed by atoms with Crippen molar-refractivity contribution in [2.45, 2.75) is 39.2 Å². The normalized spacial score (nSPS) is 17.1. The first-order valence-electron chi connectivity index (χ1n) is 7.68. The van der Waals surface area contributed by atoms with E-state index in [0.717, 1.165) is 51.9 Å². The van der Waals surface area contributed by atoms with Gasteiger partial charge in [-0.15, -0.1) is 0 Å². The van der Waals surface area contributed by atoms with Crippen molar-refractivity contribution in [3.8, 4) is 0 Å². The first kappa shape index (κ1) is 15.0. The number of likely N-dealkylation sites (tertiary alicyclic amines) is 1. The minimum atomic E-state index is 0.206. The van der Waals surface area contributed by atoms with Gasteiger partial charge in [0.2, 0.25) is 5.91 Å². The Morgan fingerprint density at radius 2 is 2.25 bits per heavy atom. The Hall–Kier alpha value is -1.42. The number of piperidine rings is 1. The van der Waals surface area contributed by atoms with Gasteiger partial charge in [0.1, 0.15) is 0 Å². The molecule has 1 aliphatic rings. The van der Waals surface area contributed by atoms with Crippen molar-refractivity contribution in [3.05, 3.63) is 30.1 Å². The number of amides is 1. The molecule has 1 N–H and O–H groups in total. The molecule has 0 radical (unpaired) electrons. The van der Waals surface area contributed by atoms with Gasteiger partial charge < -0.3 is 5.32 Å². The second-order valence-electron chi connectivity index (χ2n) is 5.56. The van der Waals surface area contributed by atoms with Crippen LogP contribution in [0.1, 0.15) is 38.2 Å². The van der Waals surface area contributed by atoms with Crippen LogP contribution < -0.4 is 5.32 Å². The van der Waals surface area contributed by atoms with Gasteiger partial charge in [-0.1, -0.05) is 19.4 Å². The monoisotopic (exact) mass is 275 g/mol. The third-order valence-corrected chi connectivity index (χ3v) is 3.92. The molecule has 0 unspecified atom stereocenters. The minimum Gasteiger partial charge on any atom is -0.356 e. The van der Waals surface area contributed by atoms with E-state index in [1.165, 1.54) is 5.56 Å². The van der Waals surface area contributed by atoms with Gasteiger partial charge in [0.05, 0.1) is 0 Å². The Morgan fingerprint density at radius 3 is 2.90 bits per heavy atom. The van der Waals surface area contributed by atoms with Crippen molar-refractivity contribution in [3.63, 3.8) is 0 Å². The summed E-state index contributed by atoms with van der Waals surface area (Å²) < 4.78 is 0. The van der Waals surface area contributed by atoms with Crippen molar-refractivity contribution in [2.75, 3.05) is 19.6 Å². The predicted molar refractivity (Wildman–Crippen MR) is 80.2 cm³/mol. The third kappa shape index (κ3) is 4.60. The summed E-state index contributed by atoms with van der Waals surface area (Å²) >= 11 is 0. The number of nitrogens with one attached hydrogen (secondary N) is 1. The summed E-state index contributed by atoms with van der Waals surface area (Å²) in [5, 5.41) is 3.05. The van der Waals surface area contributed by atoms with E-state index >= 15 is 0 Å². The van der Waals surface area contributed by atoms with Gasteiger partial charge in [0.15, 0.2) is 0 Å². The van der Waals surface area contributed by atoms with E-state index in [1.54, 1.807) is 6.20 Å². The Labute approximate surface area is 121 Å². The molecule has 4 heteroatoms. The number of aromatic nitrogens is 1. The molecule has 0 bridgehead atoms. The smallest absolute Gasteiger partial charge is 0.223 e. The molecule has 4 nitrogen and oxygen atoms in total. The van der Waals surface area contributed by atoms with Crippen molar-refractivity contribution in [2.24, 2.45) is 5.92 Å². The topological polar surface area (TPSA) is 45.2 Å². The lowest BCUT2D eigenvalue weighted by Gasteiger charge is -2.31. The molecule has 1 fully saturated rings. The van der Waals surface area contributed by atoms with E-state index in [2.05, 4.69) is 28.2 Å². The fourth-order valence-electron chi connectivity index (χ4n) is 2.64. The van der Waals surface area contributed by atoms with Gasteiger partial charge in [-0.05, 0) is 44.0 Å². The van der Waals surface area contributed by atoms with E-state index in [1.807, 2.05) is 12.3 Å². The van der Waals surface area contributed by atoms with Crippen LogP contribution in [0.3, 0.4) is 0 Å². The molecule has 0 saturated carbocycles. The number of hydrogen-bond donors (Lipinski definition) is 1. The van der Waals surface area contributed by atoms with Gasteiger partial charge in [0, 0.05) is 31.4 Å². The van der Waals surface area contributed by atoms with Crippen LogP contribution in [0, 0.1) is 5.92 Å². The van der Waals surface area contributed by atoms with Crippen molar-refractivity contribution in [1.29, 1.82) is 0 Å². The lowest BCUT2D eigenvalue weighted by molar-refractivity contribution is -0.126. The highest BCUT2D eigenvalue weighted by Gasteiger charge is 2.24. The SMILES string of the molecule is CCCCNC(=O)C1CCN(Cc2cccnc2)CC1. The number of carbonyl (C=O) groups is 1. The van der Waals surface area contributed by atoms with Gasteiger partial charge in [-0.25, -0.2) is 0 Å².